The Labute approximate surface area is 169 Å². The number of anilines is 3. The first-order chi connectivity index (χ1) is 13.5. The number of unbranched alkanes of at least 4 members (excludes halogenated alkanes) is 1. The molecule has 0 aliphatic carbocycles. The van der Waals surface area contributed by atoms with Gasteiger partial charge in [0.1, 0.15) is 0 Å². The number of rotatable bonds is 8. The first kappa shape index (κ1) is 23.2. The van der Waals surface area contributed by atoms with Crippen LogP contribution >= 0.6 is 0 Å². The van der Waals surface area contributed by atoms with Crippen LogP contribution in [0.15, 0.2) is 54.6 Å². The molecule has 152 valence electrons. The Hall–Kier alpha value is -2.79. The highest BCUT2D eigenvalue weighted by Crippen LogP contribution is 2.15. The molecule has 0 saturated heterocycles. The number of nitrogens with zero attached hydrogens (tertiary/aromatic N) is 1. The van der Waals surface area contributed by atoms with Gasteiger partial charge in [-0.15, -0.1) is 0 Å². The predicted octanol–water partition coefficient (Wildman–Crippen LogP) is 4.45. The number of hydrogen-bond donors (Lipinski definition) is 3. The molecular weight excluding hydrogens is 348 g/mol. The van der Waals surface area contributed by atoms with Gasteiger partial charge in [0.15, 0.2) is 0 Å². The van der Waals surface area contributed by atoms with Crippen LogP contribution in [0.25, 0.3) is 6.08 Å². The summed E-state index contributed by atoms with van der Waals surface area (Å²) >= 11 is 0. The largest absolute Gasteiger partial charge is 0.385 e. The zero-order valence-corrected chi connectivity index (χ0v) is 17.8. The predicted molar refractivity (Wildman–Crippen MR) is 123 cm³/mol. The first-order valence-electron chi connectivity index (χ1n) is 9.69. The topological polar surface area (TPSA) is 56.4 Å². The minimum atomic E-state index is -0.136. The minimum Gasteiger partial charge on any atom is -0.385 e. The number of hydrogen-bond acceptors (Lipinski definition) is 4. The molecule has 0 fully saturated rings. The van der Waals surface area contributed by atoms with Gasteiger partial charge in [0, 0.05) is 43.8 Å². The summed E-state index contributed by atoms with van der Waals surface area (Å²) in [5.74, 6) is -0.136. The van der Waals surface area contributed by atoms with E-state index in [-0.39, 0.29) is 5.91 Å². The van der Waals surface area contributed by atoms with E-state index < -0.39 is 0 Å². The number of carbonyl (C=O) groups is 1. The van der Waals surface area contributed by atoms with E-state index in [9.17, 15) is 4.79 Å². The number of benzene rings is 2. The van der Waals surface area contributed by atoms with E-state index >= 15 is 0 Å². The highest BCUT2D eigenvalue weighted by atomic mass is 16.1. The molecule has 2 aromatic rings. The smallest absolute Gasteiger partial charge is 0.248 e. The fourth-order valence-electron chi connectivity index (χ4n) is 2.32. The second-order valence-corrected chi connectivity index (χ2v) is 6.67. The monoisotopic (exact) mass is 382 g/mol. The standard InChI is InChI=1S/C21H27N3O.C2H7N/c1-4-5-16-22-18-9-11-19(12-10-18)23-21(25)15-8-17-6-13-20(14-7-17)24(2)3;1-3-2/h6-15,22H,4-5,16H2,1-3H3,(H,23,25);3H,1-2H3/b15-8+;. The van der Waals surface area contributed by atoms with Crippen molar-refractivity contribution in [1.82, 2.24) is 5.32 Å². The zero-order valence-electron chi connectivity index (χ0n) is 17.8. The van der Waals surface area contributed by atoms with Gasteiger partial charge >= 0.3 is 0 Å². The van der Waals surface area contributed by atoms with Crippen molar-refractivity contribution in [3.05, 3.63) is 60.2 Å². The van der Waals surface area contributed by atoms with Gasteiger partial charge in [-0.05, 0) is 68.6 Å². The molecule has 2 aromatic carbocycles. The summed E-state index contributed by atoms with van der Waals surface area (Å²) in [6.07, 6.45) is 5.69. The van der Waals surface area contributed by atoms with Crippen LogP contribution in [0.5, 0.6) is 0 Å². The van der Waals surface area contributed by atoms with Gasteiger partial charge in [0.2, 0.25) is 5.91 Å². The molecule has 0 aromatic heterocycles. The van der Waals surface area contributed by atoms with E-state index in [1.165, 1.54) is 6.42 Å². The molecule has 5 nitrogen and oxygen atoms in total. The van der Waals surface area contributed by atoms with Gasteiger partial charge in [0.25, 0.3) is 0 Å². The summed E-state index contributed by atoms with van der Waals surface area (Å²) in [5.41, 5.74) is 3.99. The van der Waals surface area contributed by atoms with E-state index in [4.69, 9.17) is 0 Å². The fraction of sp³-hybridized carbons (Fsp3) is 0.348. The summed E-state index contributed by atoms with van der Waals surface area (Å²) in [4.78, 5) is 14.1. The Morgan fingerprint density at radius 2 is 1.54 bits per heavy atom. The third-order valence-corrected chi connectivity index (χ3v) is 3.85. The Morgan fingerprint density at radius 3 is 2.07 bits per heavy atom. The average Bonchev–Trinajstić information content (AvgIpc) is 2.69. The van der Waals surface area contributed by atoms with Crippen LogP contribution in [0, 0.1) is 0 Å². The lowest BCUT2D eigenvalue weighted by Crippen LogP contribution is -2.08. The van der Waals surface area contributed by atoms with Crippen LogP contribution in [0.4, 0.5) is 17.1 Å². The highest BCUT2D eigenvalue weighted by Gasteiger charge is 1.99. The van der Waals surface area contributed by atoms with Crippen LogP contribution in [0.2, 0.25) is 0 Å². The molecule has 28 heavy (non-hydrogen) atoms. The quantitative estimate of drug-likeness (QED) is 0.466. The van der Waals surface area contributed by atoms with Crippen LogP contribution in [0.1, 0.15) is 25.3 Å². The maximum absolute atomic E-state index is 12.0. The second-order valence-electron chi connectivity index (χ2n) is 6.67. The maximum atomic E-state index is 12.0. The van der Waals surface area contributed by atoms with Crippen molar-refractivity contribution in [2.45, 2.75) is 19.8 Å². The molecule has 0 unspecified atom stereocenters. The van der Waals surface area contributed by atoms with Crippen molar-refractivity contribution >= 4 is 29.0 Å². The van der Waals surface area contributed by atoms with Gasteiger partial charge in [-0.2, -0.15) is 0 Å². The van der Waals surface area contributed by atoms with E-state index in [0.717, 1.165) is 35.6 Å². The van der Waals surface area contributed by atoms with Crippen molar-refractivity contribution in [3.8, 4) is 0 Å². The summed E-state index contributed by atoms with van der Waals surface area (Å²) in [6.45, 7) is 3.14. The summed E-state index contributed by atoms with van der Waals surface area (Å²) < 4.78 is 0. The lowest BCUT2D eigenvalue weighted by atomic mass is 10.2. The summed E-state index contributed by atoms with van der Waals surface area (Å²) in [5, 5.41) is 8.98. The molecule has 0 aliphatic heterocycles. The van der Waals surface area contributed by atoms with E-state index in [1.54, 1.807) is 6.08 Å². The molecular formula is C23H34N4O. The maximum Gasteiger partial charge on any atom is 0.248 e. The van der Waals surface area contributed by atoms with Gasteiger partial charge in [-0.25, -0.2) is 0 Å². The van der Waals surface area contributed by atoms with Crippen LogP contribution in [-0.4, -0.2) is 40.6 Å². The highest BCUT2D eigenvalue weighted by molar-refractivity contribution is 6.02. The van der Waals surface area contributed by atoms with Crippen molar-refractivity contribution < 1.29 is 4.79 Å². The van der Waals surface area contributed by atoms with Gasteiger partial charge < -0.3 is 20.9 Å². The van der Waals surface area contributed by atoms with Crippen molar-refractivity contribution in [1.29, 1.82) is 0 Å². The zero-order chi connectivity index (χ0) is 20.8. The molecule has 1 amide bonds. The molecule has 0 heterocycles. The molecule has 3 N–H and O–H groups in total. The fourth-order valence-corrected chi connectivity index (χ4v) is 2.32. The van der Waals surface area contributed by atoms with Crippen molar-refractivity contribution in [3.63, 3.8) is 0 Å². The molecule has 0 spiro atoms. The van der Waals surface area contributed by atoms with Crippen molar-refractivity contribution in [2.75, 3.05) is 50.3 Å². The summed E-state index contributed by atoms with van der Waals surface area (Å²) in [6, 6.07) is 15.8. The minimum absolute atomic E-state index is 0.136. The van der Waals surface area contributed by atoms with Gasteiger partial charge in [0.05, 0.1) is 0 Å². The third kappa shape index (κ3) is 9.24. The van der Waals surface area contributed by atoms with E-state index in [1.807, 2.05) is 87.7 Å². The average molecular weight is 383 g/mol. The van der Waals surface area contributed by atoms with Crippen molar-refractivity contribution in [2.24, 2.45) is 0 Å². The molecule has 0 aliphatic rings. The Balaban J connectivity index is 0.00000122. The lowest BCUT2D eigenvalue weighted by molar-refractivity contribution is -0.111. The number of nitrogens with one attached hydrogen (secondary N) is 3. The normalized spacial score (nSPS) is 10.2. The Kier molecular flexibility index (Phi) is 11.1. The van der Waals surface area contributed by atoms with Gasteiger partial charge in [-0.3, -0.25) is 4.79 Å². The SMILES string of the molecule is CCCCNc1ccc(NC(=O)/C=C/c2ccc(N(C)C)cc2)cc1.CNC. The second kappa shape index (κ2) is 13.4. The molecule has 2 rings (SSSR count). The summed E-state index contributed by atoms with van der Waals surface area (Å²) in [7, 11) is 7.76. The van der Waals surface area contributed by atoms with E-state index in [0.29, 0.717) is 0 Å². The number of carbonyl (C=O) groups excluding carboxylic acids is 1. The van der Waals surface area contributed by atoms with Gasteiger partial charge in [-0.1, -0.05) is 25.5 Å². The lowest BCUT2D eigenvalue weighted by Gasteiger charge is -2.11. The first-order valence-corrected chi connectivity index (χ1v) is 9.69. The van der Waals surface area contributed by atoms with Crippen LogP contribution < -0.4 is 20.9 Å². The molecule has 0 saturated carbocycles. The molecule has 0 radical (unpaired) electrons. The molecule has 0 bridgehead atoms. The Bertz CT molecular complexity index is 706. The Morgan fingerprint density at radius 1 is 0.964 bits per heavy atom. The molecule has 0 atom stereocenters. The third-order valence-electron chi connectivity index (χ3n) is 3.85. The van der Waals surface area contributed by atoms with E-state index in [2.05, 4.69) is 22.9 Å². The van der Waals surface area contributed by atoms with Crippen LogP contribution in [-0.2, 0) is 4.79 Å². The van der Waals surface area contributed by atoms with Crippen LogP contribution in [0.3, 0.4) is 0 Å². The molecule has 5 heteroatoms. The number of amides is 1.